The molecule has 0 saturated carbocycles. The molecule has 2 N–H and O–H groups in total. The van der Waals surface area contributed by atoms with Crippen LogP contribution in [-0.2, 0) is 9.47 Å². The molecule has 0 aliphatic carbocycles. The van der Waals surface area contributed by atoms with E-state index in [9.17, 15) is 14.7 Å². The fourth-order valence-electron chi connectivity index (χ4n) is 1.31. The molecule has 0 aromatic heterocycles. The van der Waals surface area contributed by atoms with Crippen molar-refractivity contribution in [1.82, 2.24) is 10.4 Å². The molecule has 0 spiro atoms. The first kappa shape index (κ1) is 16.5. The highest BCUT2D eigenvalue weighted by molar-refractivity contribution is 5.74. The standard InChI is InChI=1S/C11H22N2O5/c1-5-17-10(15)12-13(11(16)18-6-2)9(7-14)8(3)4/h8-9,14H,5-7H2,1-4H3,(H,12,15). The van der Waals surface area contributed by atoms with Crippen molar-refractivity contribution in [3.05, 3.63) is 0 Å². The summed E-state index contributed by atoms with van der Waals surface area (Å²) in [6.07, 6.45) is -1.48. The number of hydrogen-bond acceptors (Lipinski definition) is 5. The quantitative estimate of drug-likeness (QED) is 0.725. The van der Waals surface area contributed by atoms with Gasteiger partial charge in [0.2, 0.25) is 0 Å². The summed E-state index contributed by atoms with van der Waals surface area (Å²) in [6, 6.07) is -0.576. The van der Waals surface area contributed by atoms with E-state index in [4.69, 9.17) is 9.47 Å². The Hall–Kier alpha value is -1.50. The van der Waals surface area contributed by atoms with Gasteiger partial charge in [0.05, 0.1) is 25.9 Å². The van der Waals surface area contributed by atoms with Gasteiger partial charge in [-0.1, -0.05) is 13.8 Å². The van der Waals surface area contributed by atoms with E-state index in [1.165, 1.54) is 0 Å². The topological polar surface area (TPSA) is 88.1 Å². The highest BCUT2D eigenvalue weighted by Gasteiger charge is 2.29. The fraction of sp³-hybridized carbons (Fsp3) is 0.818. The molecule has 0 radical (unpaired) electrons. The molecule has 0 aliphatic heterocycles. The minimum atomic E-state index is -0.760. The van der Waals surface area contributed by atoms with E-state index >= 15 is 0 Å². The van der Waals surface area contributed by atoms with Crippen LogP contribution in [0.1, 0.15) is 27.7 Å². The predicted molar refractivity (Wildman–Crippen MR) is 64.7 cm³/mol. The summed E-state index contributed by atoms with van der Waals surface area (Å²) in [6.45, 7) is 7.02. The number of nitrogens with one attached hydrogen (secondary N) is 1. The van der Waals surface area contributed by atoms with E-state index in [0.29, 0.717) is 0 Å². The summed E-state index contributed by atoms with van der Waals surface area (Å²) < 4.78 is 9.52. The van der Waals surface area contributed by atoms with Crippen molar-refractivity contribution < 1.29 is 24.2 Å². The second-order valence-corrected chi connectivity index (χ2v) is 3.90. The molecule has 1 atom stereocenters. The maximum Gasteiger partial charge on any atom is 0.429 e. The van der Waals surface area contributed by atoms with Crippen molar-refractivity contribution in [2.45, 2.75) is 33.7 Å². The van der Waals surface area contributed by atoms with Crippen molar-refractivity contribution in [2.75, 3.05) is 19.8 Å². The maximum absolute atomic E-state index is 11.7. The molecule has 7 heteroatoms. The lowest BCUT2D eigenvalue weighted by Crippen LogP contribution is -2.55. The van der Waals surface area contributed by atoms with Gasteiger partial charge in [0, 0.05) is 0 Å². The van der Waals surface area contributed by atoms with E-state index in [0.717, 1.165) is 5.01 Å². The van der Waals surface area contributed by atoms with Crippen molar-refractivity contribution >= 4 is 12.2 Å². The number of nitrogens with zero attached hydrogens (tertiary/aromatic N) is 1. The van der Waals surface area contributed by atoms with Gasteiger partial charge in [0.25, 0.3) is 0 Å². The molecule has 0 heterocycles. The van der Waals surface area contributed by atoms with E-state index in [2.05, 4.69) is 5.43 Å². The van der Waals surface area contributed by atoms with Crippen LogP contribution < -0.4 is 5.43 Å². The molecule has 0 fully saturated rings. The molecule has 1 unspecified atom stereocenters. The van der Waals surface area contributed by atoms with Gasteiger partial charge in [-0.05, 0) is 19.8 Å². The van der Waals surface area contributed by atoms with Crippen molar-refractivity contribution in [1.29, 1.82) is 0 Å². The van der Waals surface area contributed by atoms with E-state index in [1.54, 1.807) is 13.8 Å². The van der Waals surface area contributed by atoms with Crippen LogP contribution >= 0.6 is 0 Å². The predicted octanol–water partition coefficient (Wildman–Crippen LogP) is 1.12. The van der Waals surface area contributed by atoms with E-state index in [1.807, 2.05) is 13.8 Å². The summed E-state index contributed by atoms with van der Waals surface area (Å²) >= 11 is 0. The fourth-order valence-corrected chi connectivity index (χ4v) is 1.31. The van der Waals surface area contributed by atoms with Gasteiger partial charge < -0.3 is 14.6 Å². The Bertz CT molecular complexity index is 270. The van der Waals surface area contributed by atoms with Crippen LogP contribution in [0.2, 0.25) is 0 Å². The SMILES string of the molecule is CCOC(=O)NN(C(=O)OCC)C(CO)C(C)C. The van der Waals surface area contributed by atoms with Gasteiger partial charge in [-0.3, -0.25) is 0 Å². The van der Waals surface area contributed by atoms with Crippen LogP contribution in [0.5, 0.6) is 0 Å². The molecule has 0 bridgehead atoms. The van der Waals surface area contributed by atoms with Gasteiger partial charge >= 0.3 is 12.2 Å². The number of carbonyl (C=O) groups is 2. The van der Waals surface area contributed by atoms with Crippen LogP contribution in [0.4, 0.5) is 9.59 Å². The Kier molecular flexibility index (Phi) is 7.86. The number of amides is 2. The number of ether oxygens (including phenoxy) is 2. The Morgan fingerprint density at radius 2 is 1.78 bits per heavy atom. The van der Waals surface area contributed by atoms with Gasteiger partial charge in [-0.15, -0.1) is 0 Å². The van der Waals surface area contributed by atoms with Crippen LogP contribution in [0.25, 0.3) is 0 Å². The zero-order valence-corrected chi connectivity index (χ0v) is 11.3. The lowest BCUT2D eigenvalue weighted by Gasteiger charge is -2.31. The number of hydrazine groups is 1. The van der Waals surface area contributed by atoms with E-state index < -0.39 is 18.2 Å². The summed E-state index contributed by atoms with van der Waals surface area (Å²) in [7, 11) is 0. The molecule has 0 aromatic carbocycles. The van der Waals surface area contributed by atoms with Gasteiger partial charge in [0.1, 0.15) is 0 Å². The molecule has 0 aromatic rings. The largest absolute Gasteiger partial charge is 0.449 e. The lowest BCUT2D eigenvalue weighted by molar-refractivity contribution is 0.0261. The molecular weight excluding hydrogens is 240 g/mol. The zero-order valence-electron chi connectivity index (χ0n) is 11.3. The van der Waals surface area contributed by atoms with Gasteiger partial charge in [-0.25, -0.2) is 20.0 Å². The monoisotopic (exact) mass is 262 g/mol. The number of aliphatic hydroxyl groups excluding tert-OH is 1. The minimum absolute atomic E-state index is 0.0543. The normalized spacial score (nSPS) is 11.9. The smallest absolute Gasteiger partial charge is 0.429 e. The maximum atomic E-state index is 11.7. The number of carbonyl (C=O) groups excluding carboxylic acids is 2. The Morgan fingerprint density at radius 1 is 1.22 bits per heavy atom. The number of rotatable bonds is 5. The first-order chi connectivity index (χ1) is 8.47. The molecule has 2 amide bonds. The Labute approximate surface area is 107 Å². The first-order valence-electron chi connectivity index (χ1n) is 5.98. The molecule has 106 valence electrons. The van der Waals surface area contributed by atoms with Crippen molar-refractivity contribution in [3.8, 4) is 0 Å². The highest BCUT2D eigenvalue weighted by Crippen LogP contribution is 2.10. The van der Waals surface area contributed by atoms with Crippen LogP contribution in [-0.4, -0.2) is 48.2 Å². The highest BCUT2D eigenvalue weighted by atomic mass is 16.6. The van der Waals surface area contributed by atoms with Crippen LogP contribution in [0.15, 0.2) is 0 Å². The summed E-state index contributed by atoms with van der Waals surface area (Å²) in [4.78, 5) is 23.1. The second kappa shape index (κ2) is 8.57. The Morgan fingerprint density at radius 3 is 2.17 bits per heavy atom. The van der Waals surface area contributed by atoms with Crippen LogP contribution in [0.3, 0.4) is 0 Å². The minimum Gasteiger partial charge on any atom is -0.449 e. The van der Waals surface area contributed by atoms with Gasteiger partial charge in [0.15, 0.2) is 0 Å². The van der Waals surface area contributed by atoms with Crippen molar-refractivity contribution in [2.24, 2.45) is 5.92 Å². The van der Waals surface area contributed by atoms with Crippen molar-refractivity contribution in [3.63, 3.8) is 0 Å². The molecular formula is C11H22N2O5. The molecule has 0 aliphatic rings. The second-order valence-electron chi connectivity index (χ2n) is 3.90. The summed E-state index contributed by atoms with van der Waals surface area (Å²) in [5.41, 5.74) is 2.27. The molecule has 0 saturated heterocycles. The number of hydrogen-bond donors (Lipinski definition) is 2. The van der Waals surface area contributed by atoms with Crippen LogP contribution in [0, 0.1) is 5.92 Å². The number of aliphatic hydroxyl groups is 1. The van der Waals surface area contributed by atoms with E-state index in [-0.39, 0.29) is 25.7 Å². The first-order valence-corrected chi connectivity index (χ1v) is 5.98. The zero-order chi connectivity index (χ0) is 14.1. The molecule has 0 rings (SSSR count). The third kappa shape index (κ3) is 5.22. The third-order valence-electron chi connectivity index (χ3n) is 2.24. The summed E-state index contributed by atoms with van der Waals surface area (Å²) in [5, 5.41) is 10.2. The lowest BCUT2D eigenvalue weighted by atomic mass is 10.1. The molecule has 7 nitrogen and oxygen atoms in total. The summed E-state index contributed by atoms with van der Waals surface area (Å²) in [5.74, 6) is -0.0543. The third-order valence-corrected chi connectivity index (χ3v) is 2.24. The average Bonchev–Trinajstić information content (AvgIpc) is 2.28. The molecule has 18 heavy (non-hydrogen) atoms. The van der Waals surface area contributed by atoms with Gasteiger partial charge in [-0.2, -0.15) is 0 Å². The average molecular weight is 262 g/mol. The Balaban J connectivity index is 4.80.